The summed E-state index contributed by atoms with van der Waals surface area (Å²) < 4.78 is 29.5. The third kappa shape index (κ3) is 2.76. The summed E-state index contributed by atoms with van der Waals surface area (Å²) in [5.41, 5.74) is 0.574. The van der Waals surface area contributed by atoms with Crippen LogP contribution in [-0.4, -0.2) is 35.8 Å². The smallest absolute Gasteiger partial charge is 0.277 e. The van der Waals surface area contributed by atoms with Crippen molar-refractivity contribution in [1.82, 2.24) is 19.6 Å². The Balaban J connectivity index is 1.34. The van der Waals surface area contributed by atoms with Crippen LogP contribution < -0.4 is 9.44 Å². The highest BCUT2D eigenvalue weighted by molar-refractivity contribution is 7.87. The van der Waals surface area contributed by atoms with Gasteiger partial charge in [0.1, 0.15) is 0 Å². The topological polar surface area (TPSA) is 107 Å². The van der Waals surface area contributed by atoms with E-state index in [0.717, 1.165) is 29.3 Å². The molecule has 2 aromatic rings. The lowest BCUT2D eigenvalue weighted by Gasteiger charge is -2.27. The minimum absolute atomic E-state index is 0.0875. The van der Waals surface area contributed by atoms with Crippen LogP contribution in [0.25, 0.3) is 10.9 Å². The van der Waals surface area contributed by atoms with Gasteiger partial charge >= 0.3 is 0 Å². The van der Waals surface area contributed by atoms with Crippen LogP contribution in [0.5, 0.6) is 0 Å². The number of aromatic nitrogens is 2. The Labute approximate surface area is 150 Å². The van der Waals surface area contributed by atoms with Crippen molar-refractivity contribution in [2.75, 3.05) is 0 Å². The number of aliphatic hydroxyl groups is 1. The first-order valence-corrected chi connectivity index (χ1v) is 10.4. The normalized spacial score (nSPS) is 34.4. The molecule has 3 aliphatic carbocycles. The van der Waals surface area contributed by atoms with Crippen molar-refractivity contribution in [2.24, 2.45) is 11.8 Å². The minimum atomic E-state index is -3.45. The number of benzene rings is 1. The maximum atomic E-state index is 12.1. The van der Waals surface area contributed by atoms with Gasteiger partial charge in [0.05, 0.1) is 17.3 Å². The van der Waals surface area contributed by atoms with Gasteiger partial charge in [0, 0.05) is 22.5 Å². The Hall–Kier alpha value is -1.19. The van der Waals surface area contributed by atoms with E-state index in [4.69, 9.17) is 11.6 Å². The average Bonchev–Trinajstić information content (AvgIpc) is 3.32. The SMILES string of the molecule is O=S(=O)(NC1CC1)NC1[C@H]2C[C@](O)(c3cc(Cl)cc4[nH]ncc34)C[C@@H]12. The molecule has 1 unspecified atom stereocenters. The molecule has 0 bridgehead atoms. The molecule has 0 saturated heterocycles. The molecule has 0 spiro atoms. The molecule has 1 aromatic carbocycles. The number of hydrogen-bond acceptors (Lipinski definition) is 4. The maximum Gasteiger partial charge on any atom is 0.277 e. The van der Waals surface area contributed by atoms with Crippen molar-refractivity contribution in [1.29, 1.82) is 0 Å². The standard InChI is InChI=1S/C16H19ClN4O3S/c17-8-3-13(12-7-18-19-14(12)4-8)16(22)5-10-11(6-16)15(10)21-25(23,24)20-9-1-2-9/h3-4,7,9-11,15,20-22H,1-2,5-6H2,(H,18,19)/t10-,11+,15?,16+. The van der Waals surface area contributed by atoms with E-state index in [0.29, 0.717) is 17.9 Å². The van der Waals surface area contributed by atoms with Gasteiger partial charge in [-0.2, -0.15) is 23.0 Å². The van der Waals surface area contributed by atoms with Gasteiger partial charge in [-0.3, -0.25) is 5.10 Å². The van der Waals surface area contributed by atoms with Crippen molar-refractivity contribution in [3.05, 3.63) is 28.9 Å². The zero-order chi connectivity index (χ0) is 17.4. The second-order valence-corrected chi connectivity index (χ2v) is 9.51. The van der Waals surface area contributed by atoms with E-state index in [1.165, 1.54) is 0 Å². The molecular weight excluding hydrogens is 364 g/mol. The summed E-state index contributed by atoms with van der Waals surface area (Å²) >= 11 is 6.18. The first kappa shape index (κ1) is 16.0. The number of halogens is 1. The molecule has 134 valence electrons. The molecule has 3 aliphatic rings. The van der Waals surface area contributed by atoms with Crippen LogP contribution >= 0.6 is 11.6 Å². The summed E-state index contributed by atoms with van der Waals surface area (Å²) in [7, 11) is -3.45. The molecule has 7 nitrogen and oxygen atoms in total. The third-order valence-corrected chi connectivity index (χ3v) is 7.14. The second kappa shape index (κ2) is 5.17. The second-order valence-electron chi connectivity index (χ2n) is 7.59. The highest BCUT2D eigenvalue weighted by atomic mass is 35.5. The van der Waals surface area contributed by atoms with E-state index in [1.807, 2.05) is 0 Å². The highest BCUT2D eigenvalue weighted by Crippen LogP contribution is 2.60. The van der Waals surface area contributed by atoms with Gasteiger partial charge in [0.2, 0.25) is 0 Å². The Morgan fingerprint density at radius 1 is 1.24 bits per heavy atom. The fraction of sp³-hybridized carbons (Fsp3) is 0.562. The number of aromatic amines is 1. The first-order chi connectivity index (χ1) is 11.8. The molecule has 0 aliphatic heterocycles. The highest BCUT2D eigenvalue weighted by Gasteiger charge is 2.63. The van der Waals surface area contributed by atoms with E-state index < -0.39 is 15.8 Å². The molecule has 4 N–H and O–H groups in total. The largest absolute Gasteiger partial charge is 0.385 e. The summed E-state index contributed by atoms with van der Waals surface area (Å²) in [5, 5.41) is 19.5. The molecule has 5 rings (SSSR count). The number of nitrogens with zero attached hydrogens (tertiary/aromatic N) is 1. The molecule has 0 radical (unpaired) electrons. The fourth-order valence-electron chi connectivity index (χ4n) is 4.29. The first-order valence-electron chi connectivity index (χ1n) is 8.50. The van der Waals surface area contributed by atoms with Gasteiger partial charge in [0.15, 0.2) is 0 Å². The molecule has 9 heteroatoms. The predicted molar refractivity (Wildman–Crippen MR) is 93.2 cm³/mol. The molecule has 3 fully saturated rings. The molecule has 0 amide bonds. The van der Waals surface area contributed by atoms with Crippen LogP contribution in [0.4, 0.5) is 0 Å². The number of rotatable bonds is 5. The van der Waals surface area contributed by atoms with Crippen LogP contribution in [-0.2, 0) is 15.8 Å². The summed E-state index contributed by atoms with van der Waals surface area (Å²) in [6.07, 6.45) is 4.56. The van der Waals surface area contributed by atoms with E-state index in [9.17, 15) is 13.5 Å². The predicted octanol–water partition coefficient (Wildman–Crippen LogP) is 1.40. The lowest BCUT2D eigenvalue weighted by molar-refractivity contribution is 0.0303. The van der Waals surface area contributed by atoms with Gasteiger partial charge < -0.3 is 5.11 Å². The van der Waals surface area contributed by atoms with Crippen LogP contribution in [0.2, 0.25) is 5.02 Å². The molecule has 4 atom stereocenters. The average molecular weight is 383 g/mol. The zero-order valence-corrected chi connectivity index (χ0v) is 14.9. The third-order valence-electron chi connectivity index (χ3n) is 5.69. The number of nitrogens with one attached hydrogen (secondary N) is 3. The van der Waals surface area contributed by atoms with Crippen LogP contribution in [0.15, 0.2) is 18.3 Å². The molecule has 3 saturated carbocycles. The summed E-state index contributed by atoms with van der Waals surface area (Å²) in [5.74, 6) is 0.309. The Morgan fingerprint density at radius 2 is 1.96 bits per heavy atom. The van der Waals surface area contributed by atoms with Crippen molar-refractivity contribution in [3.8, 4) is 0 Å². The number of fused-ring (bicyclic) bond motifs is 2. The number of H-pyrrole nitrogens is 1. The van der Waals surface area contributed by atoms with Crippen LogP contribution in [0, 0.1) is 11.8 Å². The van der Waals surface area contributed by atoms with Gasteiger partial charge in [-0.05, 0) is 55.2 Å². The summed E-state index contributed by atoms with van der Waals surface area (Å²) in [6.45, 7) is 0. The van der Waals surface area contributed by atoms with Gasteiger partial charge in [-0.1, -0.05) is 11.6 Å². The van der Waals surface area contributed by atoms with Crippen molar-refractivity contribution in [3.63, 3.8) is 0 Å². The Bertz CT molecular complexity index is 943. The van der Waals surface area contributed by atoms with Crippen LogP contribution in [0.3, 0.4) is 0 Å². The van der Waals surface area contributed by atoms with Crippen molar-refractivity contribution in [2.45, 2.75) is 43.4 Å². The molecular formula is C16H19ClN4O3S. The fourth-order valence-corrected chi connectivity index (χ4v) is 5.96. The van der Waals surface area contributed by atoms with Gasteiger partial charge in [0.25, 0.3) is 10.2 Å². The van der Waals surface area contributed by atoms with Crippen LogP contribution in [0.1, 0.15) is 31.2 Å². The Morgan fingerprint density at radius 3 is 2.64 bits per heavy atom. The van der Waals surface area contributed by atoms with Gasteiger partial charge in [-0.15, -0.1) is 0 Å². The lowest BCUT2D eigenvalue weighted by Crippen LogP contribution is -2.41. The zero-order valence-electron chi connectivity index (χ0n) is 13.4. The molecule has 1 heterocycles. The van der Waals surface area contributed by atoms with E-state index in [-0.39, 0.29) is 23.9 Å². The maximum absolute atomic E-state index is 12.1. The van der Waals surface area contributed by atoms with E-state index in [2.05, 4.69) is 19.6 Å². The van der Waals surface area contributed by atoms with Gasteiger partial charge in [-0.25, -0.2) is 0 Å². The molecule has 25 heavy (non-hydrogen) atoms. The van der Waals surface area contributed by atoms with Crippen molar-refractivity contribution < 1.29 is 13.5 Å². The summed E-state index contributed by atoms with van der Waals surface area (Å²) in [6, 6.07) is 3.58. The number of hydrogen-bond donors (Lipinski definition) is 4. The monoisotopic (exact) mass is 382 g/mol. The van der Waals surface area contributed by atoms with E-state index in [1.54, 1.807) is 18.3 Å². The quantitative estimate of drug-likeness (QED) is 0.627. The molecule has 1 aromatic heterocycles. The summed E-state index contributed by atoms with van der Waals surface area (Å²) in [4.78, 5) is 0. The Kier molecular flexibility index (Phi) is 3.31. The van der Waals surface area contributed by atoms with Crippen molar-refractivity contribution >= 4 is 32.7 Å². The minimum Gasteiger partial charge on any atom is -0.385 e. The van der Waals surface area contributed by atoms with E-state index >= 15 is 0 Å². The lowest BCUT2D eigenvalue weighted by atomic mass is 9.86.